The summed E-state index contributed by atoms with van der Waals surface area (Å²) >= 11 is 0. The Bertz CT molecular complexity index is 1050. The number of hydrogen-bond donors (Lipinski definition) is 0. The molecule has 0 N–H and O–H groups in total. The van der Waals surface area contributed by atoms with Gasteiger partial charge in [0.05, 0.1) is 0 Å². The highest BCUT2D eigenvalue weighted by Gasteiger charge is 2.31. The van der Waals surface area contributed by atoms with Gasteiger partial charge in [0, 0.05) is 0 Å². The maximum absolute atomic E-state index is 12.5. The Labute approximate surface area is 201 Å². The normalized spacial score (nSPS) is 18.8. The predicted molar refractivity (Wildman–Crippen MR) is 134 cm³/mol. The van der Waals surface area contributed by atoms with Gasteiger partial charge in [-0.3, -0.25) is 0 Å². The molecule has 0 atom stereocenters. The van der Waals surface area contributed by atoms with Crippen molar-refractivity contribution in [1.29, 1.82) is 0 Å². The van der Waals surface area contributed by atoms with Crippen molar-refractivity contribution in [2.75, 3.05) is 0 Å². The lowest BCUT2D eigenvalue weighted by atomic mass is 9.78. The lowest BCUT2D eigenvalue weighted by Crippen LogP contribution is -2.16. The van der Waals surface area contributed by atoms with Crippen LogP contribution in [0.2, 0.25) is 0 Å². The van der Waals surface area contributed by atoms with Gasteiger partial charge < -0.3 is 4.74 Å². The van der Waals surface area contributed by atoms with E-state index >= 15 is 0 Å². The smallest absolute Gasteiger partial charge is 0.406 e. The van der Waals surface area contributed by atoms with Gasteiger partial charge in [-0.2, -0.15) is 0 Å². The van der Waals surface area contributed by atoms with Gasteiger partial charge in [0.1, 0.15) is 5.75 Å². The van der Waals surface area contributed by atoms with Crippen LogP contribution >= 0.6 is 0 Å². The van der Waals surface area contributed by atoms with Crippen LogP contribution in [0.25, 0.3) is 21.9 Å². The number of ether oxygens (including phenoxy) is 1. The number of aryl methyl sites for hydroxylation is 1. The van der Waals surface area contributed by atoms with E-state index in [1.54, 1.807) is 6.07 Å². The lowest BCUT2D eigenvalue weighted by Gasteiger charge is -2.28. The van der Waals surface area contributed by atoms with Crippen molar-refractivity contribution in [2.24, 2.45) is 11.8 Å². The fourth-order valence-corrected chi connectivity index (χ4v) is 5.33. The van der Waals surface area contributed by atoms with E-state index in [4.69, 9.17) is 0 Å². The van der Waals surface area contributed by atoms with E-state index in [2.05, 4.69) is 35.9 Å². The van der Waals surface area contributed by atoms with Gasteiger partial charge in [0.15, 0.2) is 0 Å². The Balaban J connectivity index is 1.30. The van der Waals surface area contributed by atoms with E-state index in [0.29, 0.717) is 0 Å². The lowest BCUT2D eigenvalue weighted by molar-refractivity contribution is -0.274. The fraction of sp³-hybridized carbons (Fsp3) is 0.467. The first-order valence-corrected chi connectivity index (χ1v) is 12.8. The summed E-state index contributed by atoms with van der Waals surface area (Å²) in [4.78, 5) is 0. The summed E-state index contributed by atoms with van der Waals surface area (Å²) in [5, 5.41) is 1.61. The van der Waals surface area contributed by atoms with Crippen LogP contribution in [0.5, 0.6) is 5.75 Å². The first-order valence-electron chi connectivity index (χ1n) is 12.8. The first-order chi connectivity index (χ1) is 16.4. The topological polar surface area (TPSA) is 9.23 Å². The molecule has 4 heteroatoms. The van der Waals surface area contributed by atoms with Crippen molar-refractivity contribution >= 4 is 10.8 Å². The molecule has 0 radical (unpaired) electrons. The molecule has 182 valence electrons. The number of alkyl halides is 3. The molecule has 0 heterocycles. The van der Waals surface area contributed by atoms with Crippen LogP contribution < -0.4 is 4.74 Å². The van der Waals surface area contributed by atoms with Crippen LogP contribution in [0.3, 0.4) is 0 Å². The van der Waals surface area contributed by atoms with Crippen molar-refractivity contribution in [1.82, 2.24) is 0 Å². The highest BCUT2D eigenvalue weighted by atomic mass is 19.4. The summed E-state index contributed by atoms with van der Waals surface area (Å²) < 4.78 is 41.4. The molecule has 0 unspecified atom stereocenters. The molecule has 0 saturated heterocycles. The minimum atomic E-state index is -4.68. The predicted octanol–water partition coefficient (Wildman–Crippen LogP) is 9.72. The number of benzene rings is 3. The zero-order valence-corrected chi connectivity index (χ0v) is 20.0. The Morgan fingerprint density at radius 2 is 1.35 bits per heavy atom. The molecule has 0 spiro atoms. The molecule has 0 bridgehead atoms. The van der Waals surface area contributed by atoms with E-state index in [1.807, 2.05) is 18.2 Å². The Morgan fingerprint density at radius 3 is 2.03 bits per heavy atom. The molecule has 0 amide bonds. The van der Waals surface area contributed by atoms with Gasteiger partial charge in [-0.25, -0.2) is 0 Å². The molecule has 0 aliphatic heterocycles. The number of unbranched alkanes of at least 4 members (excludes halogenated alkanes) is 2. The Hall–Kier alpha value is -2.49. The van der Waals surface area contributed by atoms with Gasteiger partial charge in [-0.1, -0.05) is 101 Å². The molecule has 1 saturated carbocycles. The molecule has 1 fully saturated rings. The van der Waals surface area contributed by atoms with E-state index in [0.717, 1.165) is 40.2 Å². The number of rotatable bonds is 9. The van der Waals surface area contributed by atoms with Crippen LogP contribution in [0.1, 0.15) is 70.3 Å². The van der Waals surface area contributed by atoms with Crippen LogP contribution in [0, 0.1) is 11.8 Å². The molecule has 3 aromatic carbocycles. The largest absolute Gasteiger partial charge is 0.573 e. The third-order valence-corrected chi connectivity index (χ3v) is 7.36. The summed E-state index contributed by atoms with van der Waals surface area (Å²) in [5.41, 5.74) is 3.56. The molecule has 1 nitrogen and oxygen atoms in total. The van der Waals surface area contributed by atoms with Crippen LogP contribution in [0.4, 0.5) is 13.2 Å². The molecule has 3 aromatic rings. The zero-order chi connectivity index (χ0) is 24.0. The maximum Gasteiger partial charge on any atom is 0.573 e. The van der Waals surface area contributed by atoms with Gasteiger partial charge in [0.2, 0.25) is 0 Å². The summed E-state index contributed by atoms with van der Waals surface area (Å²) in [7, 11) is 0. The highest BCUT2D eigenvalue weighted by molar-refractivity contribution is 5.88. The third kappa shape index (κ3) is 7.01. The molecule has 1 aliphatic rings. The average Bonchev–Trinajstić information content (AvgIpc) is 2.83. The van der Waals surface area contributed by atoms with Crippen molar-refractivity contribution in [3.05, 3.63) is 66.2 Å². The standard InChI is InChI=1S/C30H35F3O/c1-2-3-4-5-22-6-8-23(9-7-22)10-11-24-12-14-25(15-13-24)26-16-17-28-21-29(34-30(31,32)33)19-18-27(28)20-26/h12-23H,2-11H2,1H3. The van der Waals surface area contributed by atoms with E-state index in [-0.39, 0.29) is 5.75 Å². The number of fused-ring (bicyclic) bond motifs is 1. The Kier molecular flexibility index (Phi) is 8.18. The summed E-state index contributed by atoms with van der Waals surface area (Å²) in [6.07, 6.45) is 8.88. The molecular formula is C30H35F3O. The maximum atomic E-state index is 12.5. The fourth-order valence-electron chi connectivity index (χ4n) is 5.33. The second-order valence-corrected chi connectivity index (χ2v) is 9.89. The van der Waals surface area contributed by atoms with Gasteiger partial charge in [0.25, 0.3) is 0 Å². The molecule has 0 aromatic heterocycles. The third-order valence-electron chi connectivity index (χ3n) is 7.36. The SMILES string of the molecule is CCCCCC1CCC(CCc2ccc(-c3ccc4cc(OC(F)(F)F)ccc4c3)cc2)CC1. The van der Waals surface area contributed by atoms with Gasteiger partial charge >= 0.3 is 6.36 Å². The van der Waals surface area contributed by atoms with Gasteiger partial charge in [-0.05, 0) is 70.3 Å². The second-order valence-electron chi connectivity index (χ2n) is 9.89. The highest BCUT2D eigenvalue weighted by Crippen LogP contribution is 2.35. The van der Waals surface area contributed by atoms with Gasteiger partial charge in [-0.15, -0.1) is 13.2 Å². The minimum absolute atomic E-state index is 0.193. The number of hydrogen-bond acceptors (Lipinski definition) is 1. The zero-order valence-electron chi connectivity index (χ0n) is 20.0. The quantitative estimate of drug-likeness (QED) is 0.284. The Morgan fingerprint density at radius 1 is 0.735 bits per heavy atom. The van der Waals surface area contributed by atoms with Crippen LogP contribution in [-0.2, 0) is 6.42 Å². The van der Waals surface area contributed by atoms with E-state index < -0.39 is 6.36 Å². The summed E-state index contributed by atoms with van der Waals surface area (Å²) in [6, 6.07) is 19.0. The van der Waals surface area contributed by atoms with Crippen molar-refractivity contribution in [3.8, 4) is 16.9 Å². The molecule has 1 aliphatic carbocycles. The monoisotopic (exact) mass is 468 g/mol. The van der Waals surface area contributed by atoms with Crippen molar-refractivity contribution < 1.29 is 17.9 Å². The van der Waals surface area contributed by atoms with Crippen molar-refractivity contribution in [3.63, 3.8) is 0 Å². The van der Waals surface area contributed by atoms with Crippen molar-refractivity contribution in [2.45, 2.75) is 77.5 Å². The molecule has 4 rings (SSSR count). The summed E-state index contributed by atoms with van der Waals surface area (Å²) in [6.45, 7) is 2.28. The molecular weight excluding hydrogens is 433 g/mol. The van der Waals surface area contributed by atoms with E-state index in [9.17, 15) is 13.2 Å². The number of halogens is 3. The molecule has 34 heavy (non-hydrogen) atoms. The van der Waals surface area contributed by atoms with E-state index in [1.165, 1.54) is 75.5 Å². The summed E-state index contributed by atoms with van der Waals surface area (Å²) in [5.74, 6) is 1.64. The average molecular weight is 469 g/mol. The first kappa shape index (κ1) is 24.6. The minimum Gasteiger partial charge on any atom is -0.406 e. The second kappa shape index (κ2) is 11.3. The van der Waals surface area contributed by atoms with Crippen LogP contribution in [-0.4, -0.2) is 6.36 Å². The van der Waals surface area contributed by atoms with Crippen LogP contribution in [0.15, 0.2) is 60.7 Å².